The first-order chi connectivity index (χ1) is 26.4. The summed E-state index contributed by atoms with van der Waals surface area (Å²) in [7, 11) is -3.77. The molecule has 2 N–H and O–H groups in total. The van der Waals surface area contributed by atoms with Crippen molar-refractivity contribution in [1.29, 1.82) is 0 Å². The van der Waals surface area contributed by atoms with E-state index in [1.54, 1.807) is 82.3 Å². The molecule has 1 atom stereocenters. The van der Waals surface area contributed by atoms with Gasteiger partial charge in [-0.3, -0.25) is 9.10 Å². The molecule has 2 aromatic heterocycles. The normalized spacial score (nSPS) is 15.1. The molecule has 0 aliphatic carbocycles. The molecule has 1 saturated heterocycles. The minimum absolute atomic E-state index is 0.0293. The number of hydrogen-bond donors (Lipinski definition) is 2. The van der Waals surface area contributed by atoms with E-state index in [-0.39, 0.29) is 69.5 Å². The third-order valence-electron chi connectivity index (χ3n) is 9.00. The quantitative estimate of drug-likeness (QED) is 0.120. The molecule has 16 heteroatoms. The lowest BCUT2D eigenvalue weighted by atomic mass is 9.99. The molecule has 0 bridgehead atoms. The van der Waals surface area contributed by atoms with Crippen LogP contribution in [-0.2, 0) is 27.8 Å². The molecule has 1 aliphatic heterocycles. The third-order valence-corrected chi connectivity index (χ3v) is 10.3. The standard InChI is InChI=1S/C40H44F4N6O5S/c1-6-49(56(5,52)53)31-17-11-10-16-29(31)45-37-35-32(50(34-18-12-13-19-54-34)48-36(35)38(51)47-39(2,3)4)22-30(46-37)27-21-28(41)33(20-26(27)23-40(42,43)44)55-24-25-14-8-7-9-15-25/h7-11,14-17,20-22,34H,6,12-13,18-19,23-24H2,1-5H3,(H,45,46)(H,47,51). The smallest absolute Gasteiger partial charge is 0.393 e. The number of alkyl halides is 3. The number of nitrogens with zero attached hydrogens (tertiary/aromatic N) is 4. The molecule has 56 heavy (non-hydrogen) atoms. The molecule has 1 aliphatic rings. The van der Waals surface area contributed by atoms with Crippen LogP contribution < -0.4 is 19.7 Å². The summed E-state index contributed by atoms with van der Waals surface area (Å²) in [5.74, 6) is -1.87. The van der Waals surface area contributed by atoms with Gasteiger partial charge in [0.05, 0.1) is 40.6 Å². The topological polar surface area (TPSA) is 128 Å². The Morgan fingerprint density at radius 3 is 2.39 bits per heavy atom. The zero-order valence-electron chi connectivity index (χ0n) is 31.7. The van der Waals surface area contributed by atoms with Crippen molar-refractivity contribution in [3.05, 3.63) is 95.4 Å². The second-order valence-electron chi connectivity index (χ2n) is 14.6. The zero-order chi connectivity index (χ0) is 40.4. The molecule has 5 aromatic rings. The minimum Gasteiger partial charge on any atom is -0.486 e. The highest BCUT2D eigenvalue weighted by atomic mass is 32.2. The molecule has 11 nitrogen and oxygen atoms in total. The molecule has 0 spiro atoms. The van der Waals surface area contributed by atoms with Crippen LogP contribution in [0.5, 0.6) is 5.75 Å². The summed E-state index contributed by atoms with van der Waals surface area (Å²) < 4.78 is 98.8. The van der Waals surface area contributed by atoms with E-state index < -0.39 is 46.1 Å². The van der Waals surface area contributed by atoms with Gasteiger partial charge in [0.1, 0.15) is 12.4 Å². The highest BCUT2D eigenvalue weighted by molar-refractivity contribution is 7.92. The maximum atomic E-state index is 15.9. The van der Waals surface area contributed by atoms with Gasteiger partial charge < -0.3 is 20.1 Å². The second kappa shape index (κ2) is 16.1. The van der Waals surface area contributed by atoms with Crippen molar-refractivity contribution in [3.8, 4) is 17.0 Å². The van der Waals surface area contributed by atoms with E-state index in [0.717, 1.165) is 31.2 Å². The Morgan fingerprint density at radius 2 is 1.75 bits per heavy atom. The maximum Gasteiger partial charge on any atom is 0.393 e. The lowest BCUT2D eigenvalue weighted by Gasteiger charge is -2.24. The first-order valence-electron chi connectivity index (χ1n) is 18.2. The first kappa shape index (κ1) is 40.4. The number of aromatic nitrogens is 3. The van der Waals surface area contributed by atoms with Crippen LogP contribution in [0.2, 0.25) is 0 Å². The number of amides is 1. The van der Waals surface area contributed by atoms with Gasteiger partial charge in [-0.05, 0) is 88.4 Å². The maximum absolute atomic E-state index is 15.9. The fourth-order valence-corrected chi connectivity index (χ4v) is 7.62. The lowest BCUT2D eigenvalue weighted by Crippen LogP contribution is -2.41. The van der Waals surface area contributed by atoms with Crippen molar-refractivity contribution < 1.29 is 40.2 Å². The Balaban J connectivity index is 1.61. The predicted molar refractivity (Wildman–Crippen MR) is 207 cm³/mol. The number of anilines is 3. The van der Waals surface area contributed by atoms with Crippen LogP contribution in [0.4, 0.5) is 34.8 Å². The third kappa shape index (κ3) is 9.41. The molecular weight excluding hydrogens is 753 g/mol. The molecule has 298 valence electrons. The van der Waals surface area contributed by atoms with E-state index in [0.29, 0.717) is 18.6 Å². The number of hydrogen-bond acceptors (Lipinski definition) is 8. The number of rotatable bonds is 12. The van der Waals surface area contributed by atoms with E-state index in [1.807, 2.05) is 0 Å². The molecule has 1 amide bonds. The highest BCUT2D eigenvalue weighted by Crippen LogP contribution is 2.40. The molecule has 6 rings (SSSR count). The summed E-state index contributed by atoms with van der Waals surface area (Å²) in [5, 5.41) is 11.0. The van der Waals surface area contributed by atoms with Crippen molar-refractivity contribution in [2.45, 2.75) is 77.9 Å². The van der Waals surface area contributed by atoms with E-state index in [9.17, 15) is 26.4 Å². The van der Waals surface area contributed by atoms with Crippen molar-refractivity contribution in [3.63, 3.8) is 0 Å². The number of benzene rings is 3. The van der Waals surface area contributed by atoms with Crippen LogP contribution in [0, 0.1) is 5.82 Å². The van der Waals surface area contributed by atoms with Crippen LogP contribution in [0.3, 0.4) is 0 Å². The summed E-state index contributed by atoms with van der Waals surface area (Å²) in [6.07, 6.45) is -3.58. The first-order valence-corrected chi connectivity index (χ1v) is 20.0. The Bertz CT molecular complexity index is 2320. The van der Waals surface area contributed by atoms with Crippen LogP contribution in [0.1, 0.15) is 74.8 Å². The van der Waals surface area contributed by atoms with E-state index in [4.69, 9.17) is 19.6 Å². The van der Waals surface area contributed by atoms with Crippen LogP contribution in [0.25, 0.3) is 22.2 Å². The average Bonchev–Trinajstić information content (AvgIpc) is 3.52. The van der Waals surface area contributed by atoms with Crippen molar-refractivity contribution >= 4 is 44.0 Å². The van der Waals surface area contributed by atoms with Crippen LogP contribution in [-0.4, -0.2) is 60.2 Å². The molecular formula is C40H44F4N6O5S. The van der Waals surface area contributed by atoms with Crippen LogP contribution in [0.15, 0.2) is 72.8 Å². The monoisotopic (exact) mass is 796 g/mol. The van der Waals surface area contributed by atoms with Crippen molar-refractivity contribution in [2.24, 2.45) is 0 Å². The number of ether oxygens (including phenoxy) is 2. The Morgan fingerprint density at radius 1 is 1.04 bits per heavy atom. The van der Waals surface area contributed by atoms with Crippen molar-refractivity contribution in [2.75, 3.05) is 29.0 Å². The zero-order valence-corrected chi connectivity index (χ0v) is 32.5. The van der Waals surface area contributed by atoms with E-state index >= 15 is 4.39 Å². The second-order valence-corrected chi connectivity index (χ2v) is 16.6. The summed E-state index contributed by atoms with van der Waals surface area (Å²) >= 11 is 0. The molecule has 0 saturated carbocycles. The number of carbonyl (C=O) groups is 1. The Kier molecular flexibility index (Phi) is 11.6. The summed E-state index contributed by atoms with van der Waals surface area (Å²) in [5.41, 5.74) is 0.205. The lowest BCUT2D eigenvalue weighted by molar-refractivity contribution is -0.127. The number of nitrogens with one attached hydrogen (secondary N) is 2. The molecule has 0 radical (unpaired) electrons. The van der Waals surface area contributed by atoms with Gasteiger partial charge in [-0.25, -0.2) is 22.5 Å². The number of pyridine rings is 1. The number of sulfonamides is 1. The molecule has 1 unspecified atom stereocenters. The molecule has 3 heterocycles. The van der Waals surface area contributed by atoms with Gasteiger partial charge in [0.25, 0.3) is 5.91 Å². The Labute approximate surface area is 323 Å². The number of para-hydroxylation sites is 2. The number of halogens is 4. The largest absolute Gasteiger partial charge is 0.486 e. The predicted octanol–water partition coefficient (Wildman–Crippen LogP) is 8.68. The van der Waals surface area contributed by atoms with Gasteiger partial charge in [0, 0.05) is 24.3 Å². The van der Waals surface area contributed by atoms with Gasteiger partial charge >= 0.3 is 6.18 Å². The summed E-state index contributed by atoms with van der Waals surface area (Å²) in [6.45, 7) is 7.48. The van der Waals surface area contributed by atoms with Crippen molar-refractivity contribution in [1.82, 2.24) is 20.1 Å². The highest BCUT2D eigenvalue weighted by Gasteiger charge is 2.33. The van der Waals surface area contributed by atoms with E-state index in [1.165, 1.54) is 15.1 Å². The summed E-state index contributed by atoms with van der Waals surface area (Å²) in [4.78, 5) is 18.8. The van der Waals surface area contributed by atoms with Crippen LogP contribution >= 0.6 is 0 Å². The average molecular weight is 797 g/mol. The number of fused-ring (bicyclic) bond motifs is 1. The van der Waals surface area contributed by atoms with Gasteiger partial charge in [-0.15, -0.1) is 0 Å². The van der Waals surface area contributed by atoms with Gasteiger partial charge in [-0.1, -0.05) is 42.5 Å². The fraction of sp³-hybridized carbons (Fsp3) is 0.375. The summed E-state index contributed by atoms with van der Waals surface area (Å²) in [6, 6.07) is 18.8. The minimum atomic E-state index is -4.70. The van der Waals surface area contributed by atoms with Gasteiger partial charge in [0.15, 0.2) is 23.5 Å². The van der Waals surface area contributed by atoms with E-state index in [2.05, 4.69) is 10.6 Å². The molecule has 1 fully saturated rings. The van der Waals surface area contributed by atoms with Gasteiger partial charge in [0.2, 0.25) is 10.0 Å². The Hall–Kier alpha value is -5.22. The van der Waals surface area contributed by atoms with Gasteiger partial charge in [-0.2, -0.15) is 18.3 Å². The SMILES string of the molecule is CCN(c1ccccc1Nc1nc(-c2cc(F)c(OCc3ccccc3)cc2CC(F)(F)F)cc2c1c(C(=O)NC(C)(C)C)nn2C1CCCCO1)S(C)(=O)=O. The fourth-order valence-electron chi connectivity index (χ4n) is 6.63. The number of carbonyl (C=O) groups excluding carboxylic acids is 1. The molecule has 3 aromatic carbocycles.